The second-order valence-corrected chi connectivity index (χ2v) is 5.07. The lowest BCUT2D eigenvalue weighted by atomic mass is 10.1. The number of nitrogens with one attached hydrogen (secondary N) is 1. The smallest absolute Gasteiger partial charge is 0.325 e. The first-order valence-corrected chi connectivity index (χ1v) is 6.46. The van der Waals surface area contributed by atoms with Gasteiger partial charge in [0.2, 0.25) is 5.91 Å². The zero-order valence-corrected chi connectivity index (χ0v) is 12.0. The van der Waals surface area contributed by atoms with Crippen LogP contribution in [0.15, 0.2) is 22.7 Å². The topological polar surface area (TPSA) is 66.4 Å². The molecule has 98 valence electrons. The van der Waals surface area contributed by atoms with E-state index in [4.69, 9.17) is 5.11 Å². The van der Waals surface area contributed by atoms with Gasteiger partial charge in [0, 0.05) is 10.9 Å². The third kappa shape index (κ3) is 4.49. The van der Waals surface area contributed by atoms with Gasteiger partial charge in [-0.2, -0.15) is 0 Å². The zero-order valence-electron chi connectivity index (χ0n) is 10.4. The van der Waals surface area contributed by atoms with Crippen molar-refractivity contribution in [2.45, 2.75) is 32.7 Å². The number of benzene rings is 1. The molecule has 0 heterocycles. The maximum absolute atomic E-state index is 11.5. The van der Waals surface area contributed by atoms with Gasteiger partial charge in [-0.15, -0.1) is 0 Å². The molecule has 1 rings (SSSR count). The van der Waals surface area contributed by atoms with Gasteiger partial charge in [0.25, 0.3) is 0 Å². The molecule has 0 bridgehead atoms. The minimum absolute atomic E-state index is 0.245. The summed E-state index contributed by atoms with van der Waals surface area (Å²) in [6, 6.07) is 5.06. The minimum Gasteiger partial charge on any atom is -0.480 e. The number of carbonyl (C=O) groups excluding carboxylic acids is 1. The van der Waals surface area contributed by atoms with E-state index in [0.717, 1.165) is 15.6 Å². The van der Waals surface area contributed by atoms with Crippen LogP contribution in [-0.2, 0) is 16.0 Å². The second-order valence-electron chi connectivity index (χ2n) is 4.21. The fourth-order valence-corrected chi connectivity index (χ4v) is 1.74. The van der Waals surface area contributed by atoms with Crippen molar-refractivity contribution in [1.29, 1.82) is 0 Å². The van der Waals surface area contributed by atoms with Crippen LogP contribution in [0.4, 0.5) is 0 Å². The Morgan fingerprint density at radius 3 is 2.67 bits per heavy atom. The van der Waals surface area contributed by atoms with E-state index in [1.165, 1.54) is 6.92 Å². The summed E-state index contributed by atoms with van der Waals surface area (Å²) in [5.41, 5.74) is 2.18. The van der Waals surface area contributed by atoms with Crippen molar-refractivity contribution in [3.05, 3.63) is 33.8 Å². The highest BCUT2D eigenvalue weighted by Crippen LogP contribution is 2.17. The van der Waals surface area contributed by atoms with E-state index in [1.54, 1.807) is 0 Å². The van der Waals surface area contributed by atoms with Crippen LogP contribution in [0, 0.1) is 6.92 Å². The first-order chi connectivity index (χ1) is 8.40. The molecule has 0 spiro atoms. The summed E-state index contributed by atoms with van der Waals surface area (Å²) in [7, 11) is 0. The normalized spacial score (nSPS) is 11.9. The van der Waals surface area contributed by atoms with Crippen LogP contribution in [0.2, 0.25) is 0 Å². The number of hydrogen-bond acceptors (Lipinski definition) is 2. The molecule has 0 radical (unpaired) electrons. The Balaban J connectivity index is 2.47. The van der Waals surface area contributed by atoms with Gasteiger partial charge >= 0.3 is 5.97 Å². The predicted octanol–water partition coefficient (Wildman–Crippen LogP) is 2.28. The molecule has 0 aromatic heterocycles. The predicted molar refractivity (Wildman–Crippen MR) is 72.4 cm³/mol. The van der Waals surface area contributed by atoms with Gasteiger partial charge in [-0.05, 0) is 37.5 Å². The standard InChI is InChI=1S/C13H16BrNO3/c1-8-7-10(3-5-11(8)14)4-6-12(16)15-9(2)13(17)18/h3,5,7,9H,4,6H2,1-2H3,(H,15,16)(H,17,18)/t9-/m0/s1. The van der Waals surface area contributed by atoms with E-state index in [1.807, 2.05) is 25.1 Å². The highest BCUT2D eigenvalue weighted by atomic mass is 79.9. The highest BCUT2D eigenvalue weighted by Gasteiger charge is 2.13. The Labute approximate surface area is 115 Å². The van der Waals surface area contributed by atoms with Crippen LogP contribution in [0.1, 0.15) is 24.5 Å². The van der Waals surface area contributed by atoms with E-state index in [2.05, 4.69) is 21.2 Å². The van der Waals surface area contributed by atoms with Crippen molar-refractivity contribution >= 4 is 27.8 Å². The van der Waals surface area contributed by atoms with E-state index in [9.17, 15) is 9.59 Å². The summed E-state index contributed by atoms with van der Waals surface area (Å²) < 4.78 is 1.04. The van der Waals surface area contributed by atoms with Crippen LogP contribution in [0.5, 0.6) is 0 Å². The van der Waals surface area contributed by atoms with Crippen LogP contribution in [-0.4, -0.2) is 23.0 Å². The molecule has 0 aliphatic carbocycles. The minimum atomic E-state index is -1.03. The summed E-state index contributed by atoms with van der Waals surface area (Å²) >= 11 is 3.41. The average Bonchev–Trinajstić information content (AvgIpc) is 2.30. The quantitative estimate of drug-likeness (QED) is 0.876. The monoisotopic (exact) mass is 313 g/mol. The number of rotatable bonds is 5. The summed E-state index contributed by atoms with van der Waals surface area (Å²) in [6.45, 7) is 3.43. The molecule has 1 atom stereocenters. The maximum atomic E-state index is 11.5. The third-order valence-corrected chi connectivity index (χ3v) is 3.50. The van der Waals surface area contributed by atoms with Gasteiger partial charge in [-0.1, -0.05) is 28.1 Å². The molecule has 0 saturated heterocycles. The number of carbonyl (C=O) groups is 2. The summed E-state index contributed by atoms with van der Waals surface area (Å²) in [4.78, 5) is 22.1. The van der Waals surface area contributed by atoms with E-state index < -0.39 is 12.0 Å². The lowest BCUT2D eigenvalue weighted by Gasteiger charge is -2.09. The largest absolute Gasteiger partial charge is 0.480 e. The fourth-order valence-electron chi connectivity index (χ4n) is 1.50. The van der Waals surface area contributed by atoms with Gasteiger partial charge in [-0.3, -0.25) is 9.59 Å². The van der Waals surface area contributed by atoms with Crippen molar-refractivity contribution in [2.75, 3.05) is 0 Å². The number of amides is 1. The SMILES string of the molecule is Cc1cc(CCC(=O)N[C@@H](C)C(=O)O)ccc1Br. The van der Waals surface area contributed by atoms with Gasteiger partial charge in [0.1, 0.15) is 6.04 Å². The molecule has 0 saturated carbocycles. The molecular weight excluding hydrogens is 298 g/mol. The van der Waals surface area contributed by atoms with Crippen molar-refractivity contribution in [3.63, 3.8) is 0 Å². The first-order valence-electron chi connectivity index (χ1n) is 5.67. The molecule has 1 amide bonds. The second kappa shape index (κ2) is 6.54. The van der Waals surface area contributed by atoms with Crippen LogP contribution in [0.3, 0.4) is 0 Å². The first kappa shape index (κ1) is 14.7. The number of halogens is 1. The fraction of sp³-hybridized carbons (Fsp3) is 0.385. The van der Waals surface area contributed by atoms with Crippen molar-refractivity contribution in [1.82, 2.24) is 5.32 Å². The lowest BCUT2D eigenvalue weighted by molar-refractivity contribution is -0.141. The van der Waals surface area contributed by atoms with Crippen LogP contribution in [0.25, 0.3) is 0 Å². The molecule has 18 heavy (non-hydrogen) atoms. The van der Waals surface area contributed by atoms with Gasteiger partial charge in [0.15, 0.2) is 0 Å². The molecule has 5 heteroatoms. The molecule has 2 N–H and O–H groups in total. The zero-order chi connectivity index (χ0) is 13.7. The number of hydrogen-bond donors (Lipinski definition) is 2. The molecule has 0 aliphatic rings. The van der Waals surface area contributed by atoms with E-state index >= 15 is 0 Å². The van der Waals surface area contributed by atoms with Gasteiger partial charge in [0.05, 0.1) is 0 Å². The molecular formula is C13H16BrNO3. The highest BCUT2D eigenvalue weighted by molar-refractivity contribution is 9.10. The maximum Gasteiger partial charge on any atom is 0.325 e. The summed E-state index contributed by atoms with van der Waals surface area (Å²) in [5.74, 6) is -1.27. The molecule has 0 fully saturated rings. The Kier molecular flexibility index (Phi) is 5.34. The Bertz CT molecular complexity index is 460. The average molecular weight is 314 g/mol. The third-order valence-electron chi connectivity index (χ3n) is 2.61. The Hall–Kier alpha value is -1.36. The molecule has 0 aliphatic heterocycles. The van der Waals surface area contributed by atoms with E-state index in [0.29, 0.717) is 12.8 Å². The summed E-state index contributed by atoms with van der Waals surface area (Å²) in [6.07, 6.45) is 0.894. The van der Waals surface area contributed by atoms with Crippen molar-refractivity contribution in [3.8, 4) is 0 Å². The van der Waals surface area contributed by atoms with Crippen LogP contribution < -0.4 is 5.32 Å². The number of carboxylic acids is 1. The number of aliphatic carboxylic acids is 1. The molecule has 1 aromatic rings. The Morgan fingerprint density at radius 2 is 2.11 bits per heavy atom. The van der Waals surface area contributed by atoms with Crippen molar-refractivity contribution in [2.24, 2.45) is 0 Å². The Morgan fingerprint density at radius 1 is 1.44 bits per heavy atom. The van der Waals surface area contributed by atoms with E-state index in [-0.39, 0.29) is 5.91 Å². The summed E-state index contributed by atoms with van der Waals surface area (Å²) in [5, 5.41) is 11.1. The number of carboxylic acid groups (broad SMARTS) is 1. The molecule has 0 unspecified atom stereocenters. The van der Waals surface area contributed by atoms with Gasteiger partial charge in [-0.25, -0.2) is 0 Å². The van der Waals surface area contributed by atoms with Crippen LogP contribution >= 0.6 is 15.9 Å². The van der Waals surface area contributed by atoms with Crippen molar-refractivity contribution < 1.29 is 14.7 Å². The molecule has 1 aromatic carbocycles. The number of aryl methyl sites for hydroxylation is 2. The lowest BCUT2D eigenvalue weighted by Crippen LogP contribution is -2.38. The van der Waals surface area contributed by atoms with Gasteiger partial charge < -0.3 is 10.4 Å². The molecule has 4 nitrogen and oxygen atoms in total.